The van der Waals surface area contributed by atoms with E-state index >= 15 is 0 Å². The van der Waals surface area contributed by atoms with E-state index in [-0.39, 0.29) is 11.1 Å². The third kappa shape index (κ3) is 2.52. The van der Waals surface area contributed by atoms with E-state index in [9.17, 15) is 14.7 Å². The molecule has 0 amide bonds. The van der Waals surface area contributed by atoms with Crippen molar-refractivity contribution >= 4 is 34.7 Å². The fraction of sp³-hybridized carbons (Fsp3) is 0.273. The zero-order valence-corrected chi connectivity index (χ0v) is 12.3. The van der Waals surface area contributed by atoms with Crippen molar-refractivity contribution in [2.24, 2.45) is 0 Å². The first-order valence-electron chi connectivity index (χ1n) is 5.78. The number of aromatic carboxylic acids is 2. The summed E-state index contributed by atoms with van der Waals surface area (Å²) in [5, 5.41) is 19.1. The lowest BCUT2D eigenvalue weighted by molar-refractivity contribution is 0.0652. The van der Waals surface area contributed by atoms with Crippen LogP contribution in [-0.4, -0.2) is 46.4 Å². The Bertz CT molecular complexity index is 482. The monoisotopic (exact) mass is 282 g/mol. The minimum absolute atomic E-state index is 0.0142. The molecular weight excluding hydrogens is 268 g/mol. The molecule has 18 heavy (non-hydrogen) atoms. The van der Waals surface area contributed by atoms with E-state index in [4.69, 9.17) is 9.53 Å². The van der Waals surface area contributed by atoms with Gasteiger partial charge in [0.15, 0.2) is 9.28 Å². The molecule has 5 nitrogen and oxygen atoms in total. The Balaban J connectivity index is 2.48. The lowest BCUT2D eigenvalue weighted by atomic mass is 10.1. The molecule has 0 saturated carbocycles. The highest BCUT2D eigenvalue weighted by Crippen LogP contribution is 2.12. The Hall–Kier alpha value is -1.45. The number of carboxylic acid groups (broad SMARTS) is 2. The summed E-state index contributed by atoms with van der Waals surface area (Å²) in [5.74, 6) is -2.32. The number of carbonyl (C=O) groups is 2. The van der Waals surface area contributed by atoms with Crippen LogP contribution in [0.5, 0.6) is 0 Å². The molecule has 1 fully saturated rings. The Kier molecular flexibility index (Phi) is 3.95. The zero-order valence-electron chi connectivity index (χ0n) is 9.76. The van der Waals surface area contributed by atoms with Crippen LogP contribution in [0.25, 0.3) is 0 Å². The van der Waals surface area contributed by atoms with Crippen molar-refractivity contribution < 1.29 is 24.2 Å². The molecule has 96 valence electrons. The third-order valence-corrected chi connectivity index (χ3v) is 11.0. The van der Waals surface area contributed by atoms with Crippen molar-refractivity contribution in [3.63, 3.8) is 0 Å². The van der Waals surface area contributed by atoms with Gasteiger partial charge in [-0.2, -0.15) is 0 Å². The summed E-state index contributed by atoms with van der Waals surface area (Å²) in [6, 6.07) is 5.79. The van der Waals surface area contributed by atoms with Gasteiger partial charge >= 0.3 is 11.9 Å². The highest BCUT2D eigenvalue weighted by atomic mass is 29.2. The summed E-state index contributed by atoms with van der Waals surface area (Å²) in [6.07, 6.45) is 0.959. The van der Waals surface area contributed by atoms with Gasteiger partial charge in [0, 0.05) is 6.61 Å². The number of hydrogen-bond donors (Lipinski definition) is 2. The van der Waals surface area contributed by atoms with Gasteiger partial charge in [0.2, 0.25) is 0 Å². The number of carboxylic acids is 2. The molecule has 0 radical (unpaired) electrons. The van der Waals surface area contributed by atoms with Gasteiger partial charge in [0.25, 0.3) is 0 Å². The first-order valence-corrected chi connectivity index (χ1v) is 11.0. The van der Waals surface area contributed by atoms with Crippen LogP contribution in [0, 0.1) is 0 Å². The molecule has 1 saturated heterocycles. The maximum atomic E-state index is 11.3. The predicted octanol–water partition coefficient (Wildman–Crippen LogP) is -0.482. The van der Waals surface area contributed by atoms with Gasteiger partial charge in [-0.25, -0.2) is 9.59 Å². The molecule has 1 aromatic carbocycles. The van der Waals surface area contributed by atoms with Gasteiger partial charge in [-0.15, -0.1) is 0 Å². The average molecular weight is 282 g/mol. The van der Waals surface area contributed by atoms with E-state index < -0.39 is 29.5 Å². The van der Waals surface area contributed by atoms with Gasteiger partial charge < -0.3 is 14.6 Å². The lowest BCUT2D eigenvalue weighted by Crippen LogP contribution is -2.44. The predicted molar refractivity (Wildman–Crippen MR) is 71.1 cm³/mol. The van der Waals surface area contributed by atoms with E-state index in [2.05, 4.69) is 0 Å². The molecule has 1 atom stereocenters. The minimum atomic E-state index is -1.38. The second kappa shape index (κ2) is 5.46. The van der Waals surface area contributed by atoms with Gasteiger partial charge in [-0.3, -0.25) is 0 Å². The summed E-state index contributed by atoms with van der Waals surface area (Å²) in [7, 11) is -2.06. The Morgan fingerprint density at radius 1 is 1.28 bits per heavy atom. The average Bonchev–Trinajstić information content (AvgIpc) is 2.38. The van der Waals surface area contributed by atoms with Crippen LogP contribution >= 0.6 is 0 Å². The molecule has 0 bridgehead atoms. The summed E-state index contributed by atoms with van der Waals surface area (Å²) in [5.41, 5.74) is -0.119. The van der Waals surface area contributed by atoms with Crippen molar-refractivity contribution in [3.05, 3.63) is 29.3 Å². The Morgan fingerprint density at radius 2 is 2.06 bits per heavy atom. The molecule has 2 N–H and O–H groups in total. The maximum absolute atomic E-state index is 11.3. The second-order valence-corrected chi connectivity index (χ2v) is 11.6. The lowest BCUT2D eigenvalue weighted by Gasteiger charge is -2.22. The normalized spacial score (nSPS) is 20.8. The molecule has 1 heterocycles. The molecule has 0 aromatic heterocycles. The van der Waals surface area contributed by atoms with Crippen LogP contribution in [0.3, 0.4) is 0 Å². The second-order valence-electron chi connectivity index (χ2n) is 4.29. The van der Waals surface area contributed by atoms with E-state index in [1.807, 2.05) is 0 Å². The molecule has 1 aliphatic heterocycles. The molecule has 1 aliphatic rings. The summed E-state index contributed by atoms with van der Waals surface area (Å²) < 4.78 is 5.53. The van der Waals surface area contributed by atoms with Crippen molar-refractivity contribution in [1.82, 2.24) is 0 Å². The quantitative estimate of drug-likeness (QED) is 0.732. The van der Waals surface area contributed by atoms with Crippen molar-refractivity contribution in [2.75, 3.05) is 6.61 Å². The zero-order chi connectivity index (χ0) is 13.1. The molecule has 2 rings (SSSR count). The Labute approximate surface area is 108 Å². The first-order chi connectivity index (χ1) is 8.61. The topological polar surface area (TPSA) is 83.8 Å². The van der Waals surface area contributed by atoms with Crippen LogP contribution in [0.4, 0.5) is 0 Å². The van der Waals surface area contributed by atoms with Gasteiger partial charge in [0.1, 0.15) is 0 Å². The van der Waals surface area contributed by atoms with Crippen LogP contribution in [0.15, 0.2) is 18.2 Å². The van der Waals surface area contributed by atoms with Gasteiger partial charge in [-0.05, 0) is 17.7 Å². The fourth-order valence-electron chi connectivity index (χ4n) is 2.31. The Morgan fingerprint density at radius 3 is 2.61 bits per heavy atom. The van der Waals surface area contributed by atoms with Crippen LogP contribution in [-0.2, 0) is 4.43 Å². The van der Waals surface area contributed by atoms with Crippen molar-refractivity contribution in [2.45, 2.75) is 12.5 Å². The molecule has 0 aliphatic carbocycles. The van der Waals surface area contributed by atoms with Crippen LogP contribution in [0.2, 0.25) is 6.04 Å². The fourth-order valence-corrected chi connectivity index (χ4v) is 9.63. The SMILES string of the molecule is O=C(O)c1cccc([SiH]2CCCO[SiH2]2)c1C(=O)O. The first kappa shape index (κ1) is 13.0. The standard InChI is InChI=1S/C11H14O5Si2/c12-10(13)7-3-1-4-8(9(7)11(14)15)18-6-2-5-16-17-18/h1,3-4,18H,2,5-6,17H2,(H,12,13)(H,14,15). The minimum Gasteiger partial charge on any atom is -0.478 e. The summed E-state index contributed by atoms with van der Waals surface area (Å²) >= 11 is 0. The smallest absolute Gasteiger partial charge is 0.336 e. The largest absolute Gasteiger partial charge is 0.478 e. The molecule has 0 spiro atoms. The van der Waals surface area contributed by atoms with Crippen molar-refractivity contribution in [3.8, 4) is 0 Å². The van der Waals surface area contributed by atoms with Crippen molar-refractivity contribution in [1.29, 1.82) is 0 Å². The van der Waals surface area contributed by atoms with Crippen LogP contribution in [0.1, 0.15) is 27.1 Å². The van der Waals surface area contributed by atoms with E-state index in [1.54, 1.807) is 12.1 Å². The number of benzene rings is 1. The molecule has 1 aromatic rings. The molecular formula is C11H14O5Si2. The summed E-state index contributed by atoms with van der Waals surface area (Å²) in [4.78, 5) is 22.4. The van der Waals surface area contributed by atoms with Crippen LogP contribution < -0.4 is 5.19 Å². The highest BCUT2D eigenvalue weighted by Gasteiger charge is 2.27. The van der Waals surface area contributed by atoms with E-state index in [0.29, 0.717) is 0 Å². The highest BCUT2D eigenvalue weighted by molar-refractivity contribution is 7.17. The third-order valence-electron chi connectivity index (χ3n) is 3.14. The number of hydrogen-bond acceptors (Lipinski definition) is 3. The van der Waals surface area contributed by atoms with E-state index in [1.165, 1.54) is 6.07 Å². The molecule has 7 heteroatoms. The van der Waals surface area contributed by atoms with Gasteiger partial charge in [0.05, 0.1) is 19.4 Å². The molecule has 1 unspecified atom stereocenters. The van der Waals surface area contributed by atoms with Gasteiger partial charge in [-0.1, -0.05) is 18.2 Å². The number of rotatable bonds is 3. The maximum Gasteiger partial charge on any atom is 0.336 e. The van der Waals surface area contributed by atoms with E-state index in [0.717, 1.165) is 24.3 Å². The summed E-state index contributed by atoms with van der Waals surface area (Å²) in [6.45, 7) is 0.775.